The standard InChI is InChI=1S/C19H23FN2O3/c1-14(25-17-11-7-6-10-16(17)20)12-21-18(23)22-13-19(2,24)15-8-4-3-5-9-15/h3-11,14,24H,12-13H2,1-2H3,(H2,21,22,23). The highest BCUT2D eigenvalue weighted by Gasteiger charge is 2.23. The van der Waals surface area contributed by atoms with Gasteiger partial charge in [0.2, 0.25) is 0 Å². The Hall–Kier alpha value is -2.60. The molecule has 2 atom stereocenters. The number of rotatable bonds is 7. The van der Waals surface area contributed by atoms with Gasteiger partial charge in [0.15, 0.2) is 11.6 Å². The average Bonchev–Trinajstić information content (AvgIpc) is 2.61. The molecule has 5 nitrogen and oxygen atoms in total. The zero-order valence-electron chi connectivity index (χ0n) is 14.3. The first-order valence-corrected chi connectivity index (χ1v) is 8.09. The van der Waals surface area contributed by atoms with Crippen LogP contribution in [0.25, 0.3) is 0 Å². The first-order chi connectivity index (χ1) is 11.9. The van der Waals surface area contributed by atoms with Crippen molar-refractivity contribution in [2.45, 2.75) is 25.6 Å². The Kier molecular flexibility index (Phi) is 6.36. The van der Waals surface area contributed by atoms with Gasteiger partial charge >= 0.3 is 6.03 Å². The average molecular weight is 346 g/mol. The number of para-hydroxylation sites is 1. The lowest BCUT2D eigenvalue weighted by molar-refractivity contribution is 0.0593. The van der Waals surface area contributed by atoms with E-state index < -0.39 is 23.6 Å². The molecule has 25 heavy (non-hydrogen) atoms. The molecule has 2 amide bonds. The maximum Gasteiger partial charge on any atom is 0.315 e. The van der Waals surface area contributed by atoms with Gasteiger partial charge in [0.05, 0.1) is 13.1 Å². The highest BCUT2D eigenvalue weighted by atomic mass is 19.1. The number of aliphatic hydroxyl groups is 1. The fourth-order valence-corrected chi connectivity index (χ4v) is 2.25. The fraction of sp³-hybridized carbons (Fsp3) is 0.316. The van der Waals surface area contributed by atoms with E-state index in [0.29, 0.717) is 5.56 Å². The van der Waals surface area contributed by atoms with Crippen molar-refractivity contribution in [2.24, 2.45) is 0 Å². The molecule has 0 fully saturated rings. The largest absolute Gasteiger partial charge is 0.486 e. The third kappa shape index (κ3) is 5.76. The van der Waals surface area contributed by atoms with Crippen molar-refractivity contribution in [3.05, 3.63) is 66.0 Å². The van der Waals surface area contributed by atoms with Gasteiger partial charge in [-0.15, -0.1) is 0 Å². The summed E-state index contributed by atoms with van der Waals surface area (Å²) in [4.78, 5) is 11.9. The van der Waals surface area contributed by atoms with Crippen molar-refractivity contribution in [1.82, 2.24) is 10.6 Å². The van der Waals surface area contributed by atoms with Crippen LogP contribution in [-0.4, -0.2) is 30.3 Å². The highest BCUT2D eigenvalue weighted by Crippen LogP contribution is 2.19. The maximum atomic E-state index is 13.5. The molecule has 0 aliphatic rings. The number of hydrogen-bond acceptors (Lipinski definition) is 3. The number of ether oxygens (including phenoxy) is 1. The van der Waals surface area contributed by atoms with Gasteiger partial charge in [0.25, 0.3) is 0 Å². The van der Waals surface area contributed by atoms with Crippen LogP contribution < -0.4 is 15.4 Å². The summed E-state index contributed by atoms with van der Waals surface area (Å²) in [5.74, 6) is -0.304. The fourth-order valence-electron chi connectivity index (χ4n) is 2.25. The summed E-state index contributed by atoms with van der Waals surface area (Å²) in [5, 5.41) is 15.7. The first kappa shape index (κ1) is 18.7. The van der Waals surface area contributed by atoms with Gasteiger partial charge in [0, 0.05) is 0 Å². The van der Waals surface area contributed by atoms with Crippen molar-refractivity contribution in [3.63, 3.8) is 0 Å². The summed E-state index contributed by atoms with van der Waals surface area (Å²) >= 11 is 0. The molecule has 0 heterocycles. The van der Waals surface area contributed by atoms with E-state index in [2.05, 4.69) is 10.6 Å². The van der Waals surface area contributed by atoms with Gasteiger partial charge in [-0.2, -0.15) is 0 Å². The minimum Gasteiger partial charge on any atom is -0.486 e. The molecule has 134 valence electrons. The van der Waals surface area contributed by atoms with Crippen LogP contribution in [0.5, 0.6) is 5.75 Å². The van der Waals surface area contributed by atoms with E-state index in [1.807, 2.05) is 18.2 Å². The maximum absolute atomic E-state index is 13.5. The van der Waals surface area contributed by atoms with Crippen LogP contribution in [0.15, 0.2) is 54.6 Å². The molecule has 0 saturated carbocycles. The molecule has 0 radical (unpaired) electrons. The van der Waals surface area contributed by atoms with Gasteiger partial charge in [-0.1, -0.05) is 42.5 Å². The summed E-state index contributed by atoms with van der Waals surface area (Å²) in [7, 11) is 0. The smallest absolute Gasteiger partial charge is 0.315 e. The van der Waals surface area contributed by atoms with Gasteiger partial charge < -0.3 is 20.5 Å². The molecule has 0 aliphatic heterocycles. The number of hydrogen-bond donors (Lipinski definition) is 3. The summed E-state index contributed by atoms with van der Waals surface area (Å²) in [6.07, 6.45) is -0.405. The molecule has 2 aromatic carbocycles. The predicted octanol–water partition coefficient (Wildman–Crippen LogP) is 2.80. The molecule has 0 bridgehead atoms. The summed E-state index contributed by atoms with van der Waals surface area (Å²) in [6, 6.07) is 14.8. The Morgan fingerprint density at radius 1 is 1.16 bits per heavy atom. The highest BCUT2D eigenvalue weighted by molar-refractivity contribution is 5.73. The van der Waals surface area contributed by atoms with Crippen molar-refractivity contribution >= 4 is 6.03 Å². The van der Waals surface area contributed by atoms with E-state index in [9.17, 15) is 14.3 Å². The summed E-state index contributed by atoms with van der Waals surface area (Å²) in [5.41, 5.74) is -0.458. The number of halogens is 1. The zero-order valence-corrected chi connectivity index (χ0v) is 14.3. The topological polar surface area (TPSA) is 70.6 Å². The van der Waals surface area contributed by atoms with Gasteiger partial charge in [-0.05, 0) is 31.5 Å². The van der Waals surface area contributed by atoms with E-state index in [-0.39, 0.29) is 18.8 Å². The lowest BCUT2D eigenvalue weighted by atomic mass is 9.96. The third-order valence-electron chi connectivity index (χ3n) is 3.70. The number of nitrogens with one attached hydrogen (secondary N) is 2. The Balaban J connectivity index is 1.76. The molecule has 0 aliphatic carbocycles. The molecule has 2 rings (SSSR count). The van der Waals surface area contributed by atoms with E-state index in [1.54, 1.807) is 38.1 Å². The monoisotopic (exact) mass is 346 g/mol. The Labute approximate surface area is 146 Å². The molecule has 2 unspecified atom stereocenters. The summed E-state index contributed by atoms with van der Waals surface area (Å²) in [6.45, 7) is 3.62. The quantitative estimate of drug-likeness (QED) is 0.722. The Morgan fingerprint density at radius 3 is 2.48 bits per heavy atom. The normalized spacial score (nSPS) is 14.2. The minimum absolute atomic E-state index is 0.0609. The Bertz CT molecular complexity index is 692. The molecule has 0 aromatic heterocycles. The van der Waals surface area contributed by atoms with Crippen molar-refractivity contribution in [2.75, 3.05) is 13.1 Å². The molecule has 2 aromatic rings. The van der Waals surface area contributed by atoms with Crippen LogP contribution in [0.2, 0.25) is 0 Å². The second-order valence-corrected chi connectivity index (χ2v) is 6.06. The summed E-state index contributed by atoms with van der Waals surface area (Å²) < 4.78 is 19.0. The Morgan fingerprint density at radius 2 is 1.80 bits per heavy atom. The molecule has 0 spiro atoms. The SMILES string of the molecule is CC(CNC(=O)NCC(C)(O)c1ccccc1)Oc1ccccc1F. The van der Waals surface area contributed by atoms with E-state index in [1.165, 1.54) is 12.1 Å². The van der Waals surface area contributed by atoms with Gasteiger partial charge in [-0.25, -0.2) is 9.18 Å². The predicted molar refractivity (Wildman–Crippen MR) is 93.9 cm³/mol. The van der Waals surface area contributed by atoms with Crippen molar-refractivity contribution in [1.29, 1.82) is 0 Å². The van der Waals surface area contributed by atoms with Crippen LogP contribution in [0.4, 0.5) is 9.18 Å². The zero-order chi connectivity index (χ0) is 18.3. The lowest BCUT2D eigenvalue weighted by Crippen LogP contribution is -2.45. The van der Waals surface area contributed by atoms with Crippen molar-refractivity contribution < 1.29 is 19.0 Å². The molecular formula is C19H23FN2O3. The molecule has 3 N–H and O–H groups in total. The third-order valence-corrected chi connectivity index (χ3v) is 3.70. The van der Waals surface area contributed by atoms with Gasteiger partial charge in [-0.3, -0.25) is 0 Å². The number of carbonyl (C=O) groups is 1. The van der Waals surface area contributed by atoms with Crippen LogP contribution in [0.3, 0.4) is 0 Å². The molecule has 6 heteroatoms. The molecular weight excluding hydrogens is 323 g/mol. The number of urea groups is 1. The van der Waals surface area contributed by atoms with Crippen LogP contribution in [0, 0.1) is 5.82 Å². The minimum atomic E-state index is -1.17. The van der Waals surface area contributed by atoms with Crippen LogP contribution in [0.1, 0.15) is 19.4 Å². The van der Waals surface area contributed by atoms with Crippen LogP contribution in [-0.2, 0) is 5.60 Å². The first-order valence-electron chi connectivity index (χ1n) is 8.09. The van der Waals surface area contributed by atoms with E-state index in [0.717, 1.165) is 0 Å². The number of amides is 2. The second kappa shape index (κ2) is 8.48. The lowest BCUT2D eigenvalue weighted by Gasteiger charge is -2.24. The van der Waals surface area contributed by atoms with E-state index in [4.69, 9.17) is 4.74 Å². The molecule has 0 saturated heterocycles. The van der Waals surface area contributed by atoms with E-state index >= 15 is 0 Å². The van der Waals surface area contributed by atoms with Crippen molar-refractivity contribution in [3.8, 4) is 5.75 Å². The van der Waals surface area contributed by atoms with Gasteiger partial charge in [0.1, 0.15) is 11.7 Å². The van der Waals surface area contributed by atoms with Crippen LogP contribution >= 0.6 is 0 Å². The number of carbonyl (C=O) groups excluding carboxylic acids is 1. The number of benzene rings is 2. The second-order valence-electron chi connectivity index (χ2n) is 6.06.